The van der Waals surface area contributed by atoms with Crippen molar-refractivity contribution in [3.05, 3.63) is 101 Å². The number of hydrogen-bond acceptors (Lipinski definition) is 5. The highest BCUT2D eigenvalue weighted by Gasteiger charge is 2.31. The van der Waals surface area contributed by atoms with E-state index in [0.717, 1.165) is 22.4 Å². The summed E-state index contributed by atoms with van der Waals surface area (Å²) in [6, 6.07) is 22.8. The minimum absolute atomic E-state index is 0.0697. The van der Waals surface area contributed by atoms with Gasteiger partial charge in [-0.05, 0) is 68.2 Å². The van der Waals surface area contributed by atoms with Crippen LogP contribution >= 0.6 is 0 Å². The number of fused-ring (bicyclic) bond motifs is 1. The fourth-order valence-electron chi connectivity index (χ4n) is 5.05. The summed E-state index contributed by atoms with van der Waals surface area (Å²) >= 11 is 0. The summed E-state index contributed by atoms with van der Waals surface area (Å²) < 4.78 is 11.1. The molecule has 1 fully saturated rings. The highest BCUT2D eigenvalue weighted by atomic mass is 16.5. The predicted molar refractivity (Wildman–Crippen MR) is 149 cm³/mol. The van der Waals surface area contributed by atoms with Gasteiger partial charge in [-0.3, -0.25) is 19.3 Å². The molecule has 3 aromatic carbocycles. The molecule has 2 heterocycles. The van der Waals surface area contributed by atoms with Gasteiger partial charge < -0.3 is 14.4 Å². The molecule has 39 heavy (non-hydrogen) atoms. The lowest BCUT2D eigenvalue weighted by atomic mass is 9.96. The first-order valence-electron chi connectivity index (χ1n) is 13.3. The molecule has 0 aromatic heterocycles. The summed E-state index contributed by atoms with van der Waals surface area (Å²) in [5.74, 6) is 0.225. The monoisotopic (exact) mass is 524 g/mol. The Labute approximate surface area is 228 Å². The molecular formula is C32H32N2O5. The fraction of sp³-hybridized carbons (Fsp3) is 0.281. The molecule has 0 radical (unpaired) electrons. The summed E-state index contributed by atoms with van der Waals surface area (Å²) in [5, 5.41) is 0. The number of nitrogens with zero attached hydrogens (tertiary/aromatic N) is 2. The van der Waals surface area contributed by atoms with Crippen molar-refractivity contribution >= 4 is 29.5 Å². The zero-order chi connectivity index (χ0) is 27.4. The first-order chi connectivity index (χ1) is 18.9. The number of esters is 1. The van der Waals surface area contributed by atoms with Gasteiger partial charge in [-0.15, -0.1) is 0 Å². The van der Waals surface area contributed by atoms with Crippen LogP contribution in [0, 0.1) is 12.8 Å². The van der Waals surface area contributed by atoms with E-state index in [0.29, 0.717) is 50.4 Å². The van der Waals surface area contributed by atoms with Gasteiger partial charge in [0.1, 0.15) is 0 Å². The van der Waals surface area contributed by atoms with Crippen LogP contribution in [0.4, 0.5) is 5.69 Å². The van der Waals surface area contributed by atoms with Crippen molar-refractivity contribution in [3.8, 4) is 5.75 Å². The Hall–Kier alpha value is -4.39. The number of ether oxygens (including phenoxy) is 2. The van der Waals surface area contributed by atoms with Crippen LogP contribution in [0.25, 0.3) is 6.08 Å². The predicted octanol–water partition coefficient (Wildman–Crippen LogP) is 5.38. The average Bonchev–Trinajstić information content (AvgIpc) is 2.95. The second kappa shape index (κ2) is 11.6. The smallest absolute Gasteiger partial charge is 0.309 e. The number of aryl methyl sites for hydroxylation is 1. The van der Waals surface area contributed by atoms with E-state index in [-0.39, 0.29) is 29.5 Å². The third-order valence-corrected chi connectivity index (χ3v) is 7.11. The molecule has 0 spiro atoms. The first kappa shape index (κ1) is 26.2. The molecule has 0 bridgehead atoms. The third kappa shape index (κ3) is 5.87. The largest absolute Gasteiger partial charge is 0.466 e. The Balaban J connectivity index is 1.30. The van der Waals surface area contributed by atoms with Crippen molar-refractivity contribution in [3.63, 3.8) is 0 Å². The number of benzene rings is 3. The maximum atomic E-state index is 13.5. The molecule has 0 N–H and O–H groups in total. The van der Waals surface area contributed by atoms with Crippen molar-refractivity contribution in [2.75, 3.05) is 24.6 Å². The maximum Gasteiger partial charge on any atom is 0.309 e. The number of anilines is 1. The van der Waals surface area contributed by atoms with E-state index in [1.165, 1.54) is 0 Å². The van der Waals surface area contributed by atoms with Gasteiger partial charge in [-0.2, -0.15) is 0 Å². The van der Waals surface area contributed by atoms with Gasteiger partial charge in [0.05, 0.1) is 24.8 Å². The fourth-order valence-corrected chi connectivity index (χ4v) is 5.05. The number of hydrogen-bond donors (Lipinski definition) is 0. The average molecular weight is 525 g/mol. The Morgan fingerprint density at radius 3 is 2.46 bits per heavy atom. The number of amides is 2. The van der Waals surface area contributed by atoms with E-state index >= 15 is 0 Å². The van der Waals surface area contributed by atoms with Crippen molar-refractivity contribution in [1.82, 2.24) is 4.90 Å². The standard InChI is InChI=1S/C32H32N2O5/c1-3-38-32(37)26-15-17-33(18-16-26)30(35)25-13-11-23(12-14-25)20-29-31(36)34(21-24-8-6-7-22(2)19-24)27-9-4-5-10-28(27)39-29/h4-14,19-20,26H,3,15-18,21H2,1-2H3/b29-20+. The van der Waals surface area contributed by atoms with Crippen molar-refractivity contribution < 1.29 is 23.9 Å². The van der Waals surface area contributed by atoms with Crippen molar-refractivity contribution in [2.24, 2.45) is 5.92 Å². The van der Waals surface area contributed by atoms with Gasteiger partial charge in [0.25, 0.3) is 11.8 Å². The minimum atomic E-state index is -0.222. The van der Waals surface area contributed by atoms with Crippen molar-refractivity contribution in [1.29, 1.82) is 0 Å². The quantitative estimate of drug-likeness (QED) is 0.320. The minimum Gasteiger partial charge on any atom is -0.466 e. The molecule has 3 aromatic rings. The van der Waals surface area contributed by atoms with Crippen LogP contribution in [0.2, 0.25) is 0 Å². The Morgan fingerprint density at radius 1 is 1.00 bits per heavy atom. The van der Waals surface area contributed by atoms with Crippen molar-refractivity contribution in [2.45, 2.75) is 33.2 Å². The summed E-state index contributed by atoms with van der Waals surface area (Å²) in [4.78, 5) is 42.1. The number of piperidine rings is 1. The molecule has 0 saturated carbocycles. The second-order valence-corrected chi connectivity index (χ2v) is 9.90. The van der Waals surface area contributed by atoms with Crippen LogP contribution in [0.1, 0.15) is 46.8 Å². The van der Waals surface area contributed by atoms with Crippen LogP contribution in [0.5, 0.6) is 5.75 Å². The molecule has 0 aliphatic carbocycles. The summed E-state index contributed by atoms with van der Waals surface area (Å²) in [6.45, 7) is 5.67. The first-order valence-corrected chi connectivity index (χ1v) is 13.3. The lowest BCUT2D eigenvalue weighted by molar-refractivity contribution is -0.149. The lowest BCUT2D eigenvalue weighted by Gasteiger charge is -2.31. The van der Waals surface area contributed by atoms with Gasteiger partial charge in [0.2, 0.25) is 0 Å². The van der Waals surface area contributed by atoms with E-state index in [1.54, 1.807) is 34.9 Å². The van der Waals surface area contributed by atoms with Gasteiger partial charge in [0, 0.05) is 18.7 Å². The van der Waals surface area contributed by atoms with E-state index in [9.17, 15) is 14.4 Å². The number of carbonyl (C=O) groups excluding carboxylic acids is 3. The van der Waals surface area contributed by atoms with Crippen LogP contribution in [0.15, 0.2) is 78.6 Å². The maximum absolute atomic E-state index is 13.5. The highest BCUT2D eigenvalue weighted by Crippen LogP contribution is 2.36. The summed E-state index contributed by atoms with van der Waals surface area (Å²) in [7, 11) is 0. The zero-order valence-corrected chi connectivity index (χ0v) is 22.3. The molecule has 7 nitrogen and oxygen atoms in total. The van der Waals surface area contributed by atoms with E-state index < -0.39 is 0 Å². The Bertz CT molecular complexity index is 1400. The normalized spacial score (nSPS) is 16.6. The third-order valence-electron chi connectivity index (χ3n) is 7.11. The summed E-state index contributed by atoms with van der Waals surface area (Å²) in [5.41, 5.74) is 4.22. The van der Waals surface area contributed by atoms with Crippen LogP contribution in [-0.4, -0.2) is 42.4 Å². The molecule has 0 unspecified atom stereocenters. The van der Waals surface area contributed by atoms with E-state index in [2.05, 4.69) is 6.07 Å². The molecule has 7 heteroatoms. The van der Waals surface area contributed by atoms with Gasteiger partial charge in [0.15, 0.2) is 11.5 Å². The van der Waals surface area contributed by atoms with Crippen LogP contribution in [0.3, 0.4) is 0 Å². The number of carbonyl (C=O) groups is 3. The Kier molecular flexibility index (Phi) is 7.77. The number of rotatable bonds is 6. The van der Waals surface area contributed by atoms with Crippen LogP contribution in [-0.2, 0) is 20.9 Å². The van der Waals surface area contributed by atoms with Gasteiger partial charge >= 0.3 is 5.97 Å². The molecule has 1 saturated heterocycles. The lowest BCUT2D eigenvalue weighted by Crippen LogP contribution is -2.40. The second-order valence-electron chi connectivity index (χ2n) is 9.90. The SMILES string of the molecule is CCOC(=O)C1CCN(C(=O)c2ccc(/C=C3/Oc4ccccc4N(Cc4cccc(C)c4)C3=O)cc2)CC1. The molecular weight excluding hydrogens is 492 g/mol. The zero-order valence-electron chi connectivity index (χ0n) is 22.3. The van der Waals surface area contributed by atoms with E-state index in [4.69, 9.17) is 9.47 Å². The Morgan fingerprint density at radius 2 is 1.74 bits per heavy atom. The molecule has 5 rings (SSSR count). The van der Waals surface area contributed by atoms with Gasteiger partial charge in [-0.25, -0.2) is 0 Å². The molecule has 2 aliphatic heterocycles. The number of likely N-dealkylation sites (tertiary alicyclic amines) is 1. The molecule has 200 valence electrons. The number of para-hydroxylation sites is 2. The molecule has 2 aliphatic rings. The molecule has 2 amide bonds. The van der Waals surface area contributed by atoms with Crippen LogP contribution < -0.4 is 9.64 Å². The van der Waals surface area contributed by atoms with E-state index in [1.807, 2.05) is 61.5 Å². The molecule has 0 atom stereocenters. The van der Waals surface area contributed by atoms with Gasteiger partial charge in [-0.1, -0.05) is 54.1 Å². The summed E-state index contributed by atoms with van der Waals surface area (Å²) in [6.07, 6.45) is 2.92. The topological polar surface area (TPSA) is 76.2 Å². The highest BCUT2D eigenvalue weighted by molar-refractivity contribution is 6.09.